The Morgan fingerprint density at radius 2 is 1.91 bits per heavy atom. The number of anilines is 1. The van der Waals surface area contributed by atoms with E-state index in [9.17, 15) is 4.79 Å². The van der Waals surface area contributed by atoms with Gasteiger partial charge in [0.05, 0.1) is 0 Å². The molecular weight excluding hydrogens is 290 g/mol. The fraction of sp³-hybridized carbons (Fsp3) is 0.722. The normalized spacial score (nSPS) is 27.1. The highest BCUT2D eigenvalue weighted by atomic mass is 16.6. The van der Waals surface area contributed by atoms with Gasteiger partial charge in [-0.1, -0.05) is 0 Å². The number of esters is 1. The van der Waals surface area contributed by atoms with Crippen molar-refractivity contribution in [3.8, 4) is 0 Å². The second-order valence-corrected chi connectivity index (χ2v) is 7.97. The quantitative estimate of drug-likeness (QED) is 0.802. The highest BCUT2D eigenvalue weighted by Gasteiger charge is 2.43. The van der Waals surface area contributed by atoms with Gasteiger partial charge in [-0.3, -0.25) is 4.79 Å². The Balaban J connectivity index is 1.64. The third-order valence-corrected chi connectivity index (χ3v) is 4.96. The van der Waals surface area contributed by atoms with Gasteiger partial charge in [0.25, 0.3) is 0 Å². The van der Waals surface area contributed by atoms with Crippen LogP contribution >= 0.6 is 0 Å². The highest BCUT2D eigenvalue weighted by molar-refractivity contribution is 5.70. The van der Waals surface area contributed by atoms with Crippen LogP contribution < -0.4 is 4.90 Å². The maximum atomic E-state index is 12.2. The molecule has 0 N–H and O–H groups in total. The zero-order valence-corrected chi connectivity index (χ0v) is 14.6. The Morgan fingerprint density at radius 3 is 2.48 bits per heavy atom. The standard InChI is InChI=1S/C18H27N3O2/c1-12-7-16(20-11-19-12)21-9-13-5-6-14(10-21)15(13)8-17(22)23-18(2,3)4/h7,11,13-15H,5-6,8-10H2,1-4H3/t13-,14+,15?. The molecular formula is C18H27N3O2. The lowest BCUT2D eigenvalue weighted by molar-refractivity contribution is -0.156. The smallest absolute Gasteiger partial charge is 0.306 e. The summed E-state index contributed by atoms with van der Waals surface area (Å²) in [6.07, 6.45) is 4.61. The van der Waals surface area contributed by atoms with Crippen LogP contribution in [0, 0.1) is 24.7 Å². The summed E-state index contributed by atoms with van der Waals surface area (Å²) < 4.78 is 5.52. The van der Waals surface area contributed by atoms with Gasteiger partial charge in [0.2, 0.25) is 0 Å². The highest BCUT2D eigenvalue weighted by Crippen LogP contribution is 2.44. The second kappa shape index (κ2) is 6.10. The van der Waals surface area contributed by atoms with Gasteiger partial charge >= 0.3 is 5.97 Å². The molecule has 1 aromatic rings. The van der Waals surface area contributed by atoms with E-state index in [0.717, 1.165) is 24.6 Å². The third kappa shape index (κ3) is 3.82. The van der Waals surface area contributed by atoms with Crippen LogP contribution in [0.15, 0.2) is 12.4 Å². The minimum absolute atomic E-state index is 0.0502. The minimum atomic E-state index is -0.394. The summed E-state index contributed by atoms with van der Waals surface area (Å²) in [6.45, 7) is 9.76. The molecule has 2 aliphatic rings. The van der Waals surface area contributed by atoms with Crippen molar-refractivity contribution in [2.45, 2.75) is 52.6 Å². The maximum Gasteiger partial charge on any atom is 0.306 e. The number of hydrogen-bond donors (Lipinski definition) is 0. The summed E-state index contributed by atoms with van der Waals surface area (Å²) in [5, 5.41) is 0. The number of piperidine rings is 1. The van der Waals surface area contributed by atoms with E-state index in [1.54, 1.807) is 6.33 Å². The van der Waals surface area contributed by atoms with Crippen molar-refractivity contribution in [1.29, 1.82) is 0 Å². The molecule has 5 heteroatoms. The van der Waals surface area contributed by atoms with Crippen molar-refractivity contribution in [2.24, 2.45) is 17.8 Å². The van der Waals surface area contributed by atoms with Gasteiger partial charge in [0.1, 0.15) is 17.7 Å². The number of fused-ring (bicyclic) bond motifs is 2. The molecule has 0 radical (unpaired) electrons. The Kier molecular flexibility index (Phi) is 4.30. The largest absolute Gasteiger partial charge is 0.460 e. The summed E-state index contributed by atoms with van der Waals surface area (Å²) in [7, 11) is 0. The zero-order valence-electron chi connectivity index (χ0n) is 14.6. The molecule has 2 heterocycles. The summed E-state index contributed by atoms with van der Waals surface area (Å²) in [4.78, 5) is 23.1. The maximum absolute atomic E-state index is 12.2. The van der Waals surface area contributed by atoms with Crippen LogP contribution in [0.5, 0.6) is 0 Å². The number of aromatic nitrogens is 2. The van der Waals surface area contributed by atoms with E-state index >= 15 is 0 Å². The monoisotopic (exact) mass is 317 g/mol. The van der Waals surface area contributed by atoms with E-state index in [1.165, 1.54) is 12.8 Å². The van der Waals surface area contributed by atoms with Crippen LogP contribution in [0.1, 0.15) is 45.7 Å². The van der Waals surface area contributed by atoms with E-state index in [2.05, 4.69) is 14.9 Å². The van der Waals surface area contributed by atoms with E-state index in [-0.39, 0.29) is 5.97 Å². The first-order valence-corrected chi connectivity index (χ1v) is 8.57. The Labute approximate surface area is 138 Å². The van der Waals surface area contributed by atoms with Crippen molar-refractivity contribution in [1.82, 2.24) is 9.97 Å². The van der Waals surface area contributed by atoms with Gasteiger partial charge in [-0.15, -0.1) is 0 Å². The first-order valence-electron chi connectivity index (χ1n) is 8.57. The molecule has 0 aromatic carbocycles. The first kappa shape index (κ1) is 16.2. The van der Waals surface area contributed by atoms with E-state index < -0.39 is 5.60 Å². The number of carbonyl (C=O) groups excluding carboxylic acids is 1. The van der Waals surface area contributed by atoms with Gasteiger partial charge in [-0.2, -0.15) is 0 Å². The number of ether oxygens (including phenoxy) is 1. The third-order valence-electron chi connectivity index (χ3n) is 4.96. The van der Waals surface area contributed by atoms with Crippen LogP contribution in [0.25, 0.3) is 0 Å². The van der Waals surface area contributed by atoms with Gasteiger partial charge in [0, 0.05) is 31.3 Å². The minimum Gasteiger partial charge on any atom is -0.460 e. The zero-order chi connectivity index (χ0) is 16.6. The van der Waals surface area contributed by atoms with Crippen LogP contribution in [0.4, 0.5) is 5.82 Å². The number of aryl methyl sites for hydroxylation is 1. The van der Waals surface area contributed by atoms with Crippen LogP contribution in [0.2, 0.25) is 0 Å². The SMILES string of the molecule is Cc1cc(N2C[C@H]3CC[C@@H](C2)C3CC(=O)OC(C)(C)C)ncn1. The Bertz CT molecular complexity index is 568. The average molecular weight is 317 g/mol. The first-order chi connectivity index (χ1) is 10.8. The summed E-state index contributed by atoms with van der Waals surface area (Å²) >= 11 is 0. The van der Waals surface area contributed by atoms with E-state index in [4.69, 9.17) is 4.74 Å². The molecule has 2 bridgehead atoms. The molecule has 3 rings (SSSR count). The molecule has 0 amide bonds. The molecule has 1 saturated heterocycles. The average Bonchev–Trinajstić information content (AvgIpc) is 2.68. The molecule has 1 aromatic heterocycles. The summed E-state index contributed by atoms with van der Waals surface area (Å²) in [5.74, 6) is 2.56. The Hall–Kier alpha value is -1.65. The van der Waals surface area contributed by atoms with Crippen molar-refractivity contribution in [3.63, 3.8) is 0 Å². The lowest BCUT2D eigenvalue weighted by atomic mass is 9.82. The van der Waals surface area contributed by atoms with Crippen LogP contribution in [-0.4, -0.2) is 34.6 Å². The van der Waals surface area contributed by atoms with Gasteiger partial charge in [-0.25, -0.2) is 9.97 Å². The molecule has 3 atom stereocenters. The number of rotatable bonds is 3. The lowest BCUT2D eigenvalue weighted by Gasteiger charge is -2.38. The van der Waals surface area contributed by atoms with Crippen molar-refractivity contribution in [2.75, 3.05) is 18.0 Å². The molecule has 2 fully saturated rings. The van der Waals surface area contributed by atoms with Gasteiger partial charge in [-0.05, 0) is 58.3 Å². The van der Waals surface area contributed by atoms with Crippen LogP contribution in [-0.2, 0) is 9.53 Å². The Morgan fingerprint density at radius 1 is 1.26 bits per heavy atom. The fourth-order valence-electron chi connectivity index (χ4n) is 4.04. The molecule has 126 valence electrons. The molecule has 1 aliphatic heterocycles. The van der Waals surface area contributed by atoms with Crippen molar-refractivity contribution < 1.29 is 9.53 Å². The number of carbonyl (C=O) groups is 1. The summed E-state index contributed by atoms with van der Waals surface area (Å²) in [6, 6.07) is 2.05. The van der Waals surface area contributed by atoms with E-state index in [1.807, 2.05) is 33.8 Å². The predicted molar refractivity (Wildman–Crippen MR) is 89.1 cm³/mol. The number of nitrogens with zero attached hydrogens (tertiary/aromatic N) is 3. The van der Waals surface area contributed by atoms with Gasteiger partial charge < -0.3 is 9.64 Å². The van der Waals surface area contributed by atoms with Crippen LogP contribution in [0.3, 0.4) is 0 Å². The van der Waals surface area contributed by atoms with E-state index in [0.29, 0.717) is 24.2 Å². The predicted octanol–water partition coefficient (Wildman–Crippen LogP) is 2.98. The molecule has 1 aliphatic carbocycles. The van der Waals surface area contributed by atoms with Gasteiger partial charge in [0.15, 0.2) is 0 Å². The topological polar surface area (TPSA) is 55.3 Å². The van der Waals surface area contributed by atoms with Crippen molar-refractivity contribution >= 4 is 11.8 Å². The molecule has 5 nitrogen and oxygen atoms in total. The second-order valence-electron chi connectivity index (χ2n) is 7.97. The molecule has 23 heavy (non-hydrogen) atoms. The van der Waals surface area contributed by atoms with Crippen molar-refractivity contribution in [3.05, 3.63) is 18.1 Å². The molecule has 1 unspecified atom stereocenters. The lowest BCUT2D eigenvalue weighted by Crippen LogP contribution is -2.43. The summed E-state index contributed by atoms with van der Waals surface area (Å²) in [5.41, 5.74) is 0.605. The molecule has 0 spiro atoms. The number of hydrogen-bond acceptors (Lipinski definition) is 5. The molecule has 1 saturated carbocycles. The fourth-order valence-corrected chi connectivity index (χ4v) is 4.04.